The van der Waals surface area contributed by atoms with E-state index in [0.717, 1.165) is 6.08 Å². The Hall–Kier alpha value is -2.60. The maximum atomic E-state index is 12.1. The van der Waals surface area contributed by atoms with Gasteiger partial charge in [0.15, 0.2) is 0 Å². The van der Waals surface area contributed by atoms with Crippen molar-refractivity contribution in [3.8, 4) is 0 Å². The Morgan fingerprint density at radius 2 is 1.52 bits per heavy atom. The first kappa shape index (κ1) is 14.8. The summed E-state index contributed by atoms with van der Waals surface area (Å²) in [5.41, 5.74) is 0.970. The third kappa shape index (κ3) is 3.93. The second kappa shape index (κ2) is 6.23. The topological polar surface area (TPSA) is 75.3 Å². The van der Waals surface area contributed by atoms with Gasteiger partial charge in [0.1, 0.15) is 0 Å². The molecule has 2 aromatic carbocycles. The van der Waals surface area contributed by atoms with Crippen LogP contribution in [0.15, 0.2) is 72.1 Å². The lowest BCUT2D eigenvalue weighted by Crippen LogP contribution is -2.13. The molecule has 0 radical (unpaired) electrons. The van der Waals surface area contributed by atoms with Crippen molar-refractivity contribution in [2.75, 3.05) is 10.0 Å². The van der Waals surface area contributed by atoms with Crippen molar-refractivity contribution in [2.45, 2.75) is 4.90 Å². The molecule has 2 aromatic rings. The van der Waals surface area contributed by atoms with Gasteiger partial charge in [0, 0.05) is 11.4 Å². The van der Waals surface area contributed by atoms with Crippen LogP contribution in [0.3, 0.4) is 0 Å². The van der Waals surface area contributed by atoms with E-state index in [1.54, 1.807) is 42.5 Å². The molecule has 0 atom stereocenters. The molecule has 1 amide bonds. The highest BCUT2D eigenvalue weighted by molar-refractivity contribution is 7.92. The monoisotopic (exact) mass is 302 g/mol. The standard InChI is InChI=1S/C15H14N2O3S/c1-2-15(18)16-12-8-10-13(11-9-12)17-21(19,20)14-6-4-3-5-7-14/h2-11,17H,1H2,(H,16,18). The van der Waals surface area contributed by atoms with E-state index in [1.807, 2.05) is 0 Å². The van der Waals surface area contributed by atoms with Crippen molar-refractivity contribution < 1.29 is 13.2 Å². The van der Waals surface area contributed by atoms with Crippen LogP contribution in [0, 0.1) is 0 Å². The van der Waals surface area contributed by atoms with Crippen molar-refractivity contribution in [1.29, 1.82) is 0 Å². The summed E-state index contributed by atoms with van der Waals surface area (Å²) >= 11 is 0. The molecule has 0 fully saturated rings. The van der Waals surface area contributed by atoms with E-state index in [0.29, 0.717) is 11.4 Å². The van der Waals surface area contributed by atoms with Crippen molar-refractivity contribution in [3.63, 3.8) is 0 Å². The van der Waals surface area contributed by atoms with Gasteiger partial charge >= 0.3 is 0 Å². The van der Waals surface area contributed by atoms with Crippen LogP contribution < -0.4 is 10.0 Å². The van der Waals surface area contributed by atoms with Crippen LogP contribution in [0.1, 0.15) is 0 Å². The van der Waals surface area contributed by atoms with E-state index in [2.05, 4.69) is 16.6 Å². The Morgan fingerprint density at radius 1 is 0.952 bits per heavy atom. The van der Waals surface area contributed by atoms with Crippen molar-refractivity contribution >= 4 is 27.3 Å². The first-order chi connectivity index (χ1) is 10.0. The maximum Gasteiger partial charge on any atom is 0.261 e. The number of hydrogen-bond donors (Lipinski definition) is 2. The SMILES string of the molecule is C=CC(=O)Nc1ccc(NS(=O)(=O)c2ccccc2)cc1. The molecular weight excluding hydrogens is 288 g/mol. The molecule has 2 rings (SSSR count). The summed E-state index contributed by atoms with van der Waals surface area (Å²) in [6.07, 6.45) is 1.16. The number of benzene rings is 2. The molecule has 2 N–H and O–H groups in total. The Morgan fingerprint density at radius 3 is 2.10 bits per heavy atom. The maximum absolute atomic E-state index is 12.1. The second-order valence-corrected chi connectivity index (χ2v) is 5.87. The van der Waals surface area contributed by atoms with Gasteiger partial charge in [0.2, 0.25) is 5.91 Å². The number of carbonyl (C=O) groups is 1. The second-order valence-electron chi connectivity index (χ2n) is 4.19. The van der Waals surface area contributed by atoms with Crippen LogP contribution in [-0.2, 0) is 14.8 Å². The minimum Gasteiger partial charge on any atom is -0.323 e. The van der Waals surface area contributed by atoms with E-state index < -0.39 is 10.0 Å². The molecule has 108 valence electrons. The largest absolute Gasteiger partial charge is 0.323 e. The summed E-state index contributed by atoms with van der Waals surface area (Å²) < 4.78 is 26.7. The molecule has 0 aromatic heterocycles. The Balaban J connectivity index is 2.13. The molecule has 0 aliphatic rings. The predicted molar refractivity (Wildman–Crippen MR) is 82.5 cm³/mol. The van der Waals surface area contributed by atoms with Gasteiger partial charge < -0.3 is 5.32 Å². The fourth-order valence-corrected chi connectivity index (χ4v) is 2.71. The van der Waals surface area contributed by atoms with E-state index >= 15 is 0 Å². The number of nitrogens with one attached hydrogen (secondary N) is 2. The molecular formula is C15H14N2O3S. The van der Waals surface area contributed by atoms with Gasteiger partial charge in [-0.2, -0.15) is 0 Å². The highest BCUT2D eigenvalue weighted by Gasteiger charge is 2.13. The summed E-state index contributed by atoms with van der Waals surface area (Å²) in [6.45, 7) is 3.35. The Kier molecular flexibility index (Phi) is 4.39. The van der Waals surface area contributed by atoms with Gasteiger partial charge in [0.05, 0.1) is 4.90 Å². The third-order valence-corrected chi connectivity index (χ3v) is 4.04. The molecule has 21 heavy (non-hydrogen) atoms. The summed E-state index contributed by atoms with van der Waals surface area (Å²) in [5.74, 6) is -0.326. The number of anilines is 2. The highest BCUT2D eigenvalue weighted by atomic mass is 32.2. The van der Waals surface area contributed by atoms with Crippen LogP contribution in [0.4, 0.5) is 11.4 Å². The molecule has 0 unspecified atom stereocenters. The van der Waals surface area contributed by atoms with E-state index in [9.17, 15) is 13.2 Å². The van der Waals surface area contributed by atoms with E-state index in [4.69, 9.17) is 0 Å². The Labute approximate surface area is 123 Å². The van der Waals surface area contributed by atoms with Gasteiger partial charge in [0.25, 0.3) is 10.0 Å². The first-order valence-corrected chi connectivity index (χ1v) is 7.61. The molecule has 6 heteroatoms. The fourth-order valence-electron chi connectivity index (χ4n) is 1.63. The summed E-state index contributed by atoms with van der Waals surface area (Å²) in [4.78, 5) is 11.3. The highest BCUT2D eigenvalue weighted by Crippen LogP contribution is 2.18. The molecule has 0 saturated carbocycles. The zero-order chi connectivity index (χ0) is 15.3. The number of carbonyl (C=O) groups excluding carboxylic acids is 1. The zero-order valence-corrected chi connectivity index (χ0v) is 11.9. The van der Waals surface area contributed by atoms with Crippen molar-refractivity contribution in [1.82, 2.24) is 0 Å². The van der Waals surface area contributed by atoms with E-state index in [-0.39, 0.29) is 10.8 Å². The Bertz CT molecular complexity index is 738. The molecule has 5 nitrogen and oxygen atoms in total. The molecule has 0 bridgehead atoms. The first-order valence-electron chi connectivity index (χ1n) is 6.12. The molecule has 0 aliphatic carbocycles. The minimum absolute atomic E-state index is 0.189. The van der Waals surface area contributed by atoms with Gasteiger partial charge in [-0.3, -0.25) is 9.52 Å². The van der Waals surface area contributed by atoms with Crippen LogP contribution in [-0.4, -0.2) is 14.3 Å². The third-order valence-electron chi connectivity index (χ3n) is 2.64. The summed E-state index contributed by atoms with van der Waals surface area (Å²) in [5, 5.41) is 2.58. The average molecular weight is 302 g/mol. The number of rotatable bonds is 5. The molecule has 0 heterocycles. The average Bonchev–Trinajstić information content (AvgIpc) is 2.50. The lowest BCUT2D eigenvalue weighted by atomic mass is 10.3. The van der Waals surface area contributed by atoms with Gasteiger partial charge in [-0.25, -0.2) is 8.42 Å². The predicted octanol–water partition coefficient (Wildman–Crippen LogP) is 2.61. The van der Waals surface area contributed by atoms with Crippen molar-refractivity contribution in [3.05, 3.63) is 67.3 Å². The lowest BCUT2D eigenvalue weighted by Gasteiger charge is -2.09. The molecule has 0 saturated heterocycles. The van der Waals surface area contributed by atoms with Crippen LogP contribution in [0.5, 0.6) is 0 Å². The van der Waals surface area contributed by atoms with Crippen molar-refractivity contribution in [2.24, 2.45) is 0 Å². The number of sulfonamides is 1. The smallest absolute Gasteiger partial charge is 0.261 e. The van der Waals surface area contributed by atoms with Crippen LogP contribution >= 0.6 is 0 Å². The fraction of sp³-hybridized carbons (Fsp3) is 0. The van der Waals surface area contributed by atoms with Crippen LogP contribution in [0.2, 0.25) is 0 Å². The van der Waals surface area contributed by atoms with Gasteiger partial charge in [-0.15, -0.1) is 0 Å². The quantitative estimate of drug-likeness (QED) is 0.834. The van der Waals surface area contributed by atoms with E-state index in [1.165, 1.54) is 12.1 Å². The zero-order valence-electron chi connectivity index (χ0n) is 11.1. The normalized spacial score (nSPS) is 10.7. The summed E-state index contributed by atoms with van der Waals surface area (Å²) in [7, 11) is -3.61. The minimum atomic E-state index is -3.61. The lowest BCUT2D eigenvalue weighted by molar-refractivity contribution is -0.111. The number of hydrogen-bond acceptors (Lipinski definition) is 3. The summed E-state index contributed by atoms with van der Waals surface area (Å²) in [6, 6.07) is 14.4. The van der Waals surface area contributed by atoms with Gasteiger partial charge in [-0.05, 0) is 42.5 Å². The molecule has 0 spiro atoms. The molecule has 0 aliphatic heterocycles. The van der Waals surface area contributed by atoms with Gasteiger partial charge in [-0.1, -0.05) is 24.8 Å². The number of amides is 1. The van der Waals surface area contributed by atoms with Crippen LogP contribution in [0.25, 0.3) is 0 Å².